The van der Waals surface area contributed by atoms with Gasteiger partial charge in [-0.15, -0.1) is 0 Å². The molecule has 2 aromatic carbocycles. The van der Waals surface area contributed by atoms with E-state index >= 15 is 0 Å². The number of halogens is 1. The molecule has 0 aliphatic heterocycles. The Hall–Kier alpha value is -1.90. The molecule has 2 rings (SSSR count). The summed E-state index contributed by atoms with van der Waals surface area (Å²) in [6.07, 6.45) is 0.920. The van der Waals surface area contributed by atoms with Crippen LogP contribution < -0.4 is 9.88 Å². The van der Waals surface area contributed by atoms with E-state index in [1.54, 1.807) is 24.1 Å². The molecule has 1 amide bonds. The molecular weight excluding hydrogens is 432 g/mol. The van der Waals surface area contributed by atoms with Crippen LogP contribution in [-0.2, 0) is 14.8 Å². The highest BCUT2D eigenvalue weighted by Gasteiger charge is 2.19. The molecule has 0 unspecified atom stereocenters. The first-order chi connectivity index (χ1) is 12.7. The van der Waals surface area contributed by atoms with Crippen LogP contribution in [0.4, 0.5) is 0 Å². The molecule has 0 bridgehead atoms. The molecule has 0 heterocycles. The molecule has 8 heteroatoms. The number of carbonyl (C=O) groups excluding carboxylic acids is 1. The number of hydrogen-bond donors (Lipinski definition) is 1. The summed E-state index contributed by atoms with van der Waals surface area (Å²) in [4.78, 5) is 14.1. The lowest BCUT2D eigenvalue weighted by atomic mass is 10.1. The van der Waals surface area contributed by atoms with Crippen molar-refractivity contribution < 1.29 is 17.9 Å². The minimum absolute atomic E-state index is 0.0371. The van der Waals surface area contributed by atoms with Gasteiger partial charge in [0.15, 0.2) is 0 Å². The molecule has 0 spiro atoms. The minimum Gasteiger partial charge on any atom is -0.494 e. The molecule has 2 N–H and O–H groups in total. The van der Waals surface area contributed by atoms with E-state index in [0.29, 0.717) is 25.0 Å². The van der Waals surface area contributed by atoms with Gasteiger partial charge in [-0.1, -0.05) is 34.1 Å². The Morgan fingerprint density at radius 1 is 1.22 bits per heavy atom. The molecule has 0 saturated carbocycles. The summed E-state index contributed by atoms with van der Waals surface area (Å²) in [5.41, 5.74) is 0.711. The molecule has 146 valence electrons. The Bertz CT molecular complexity index is 902. The molecule has 0 aliphatic rings. The second-order valence-electron chi connectivity index (χ2n) is 6.21. The number of benzene rings is 2. The number of carbonyl (C=O) groups is 1. The molecule has 6 nitrogen and oxygen atoms in total. The first-order valence-electron chi connectivity index (χ1n) is 8.45. The number of nitrogens with zero attached hydrogens (tertiary/aromatic N) is 1. The van der Waals surface area contributed by atoms with Crippen LogP contribution in [0.1, 0.15) is 31.4 Å². The fourth-order valence-electron chi connectivity index (χ4n) is 2.54. The minimum atomic E-state index is -3.78. The smallest absolute Gasteiger partial charge is 0.238 e. The second kappa shape index (κ2) is 9.34. The Kier molecular flexibility index (Phi) is 7.41. The van der Waals surface area contributed by atoms with Gasteiger partial charge in [-0.05, 0) is 49.2 Å². The summed E-state index contributed by atoms with van der Waals surface area (Å²) < 4.78 is 29.6. The van der Waals surface area contributed by atoms with Gasteiger partial charge >= 0.3 is 0 Å². The molecule has 0 aliphatic carbocycles. The van der Waals surface area contributed by atoms with Crippen LogP contribution in [0.2, 0.25) is 0 Å². The Morgan fingerprint density at radius 3 is 2.59 bits per heavy atom. The second-order valence-corrected chi connectivity index (χ2v) is 8.68. The molecular formula is C19H23BrN2O4S. The summed E-state index contributed by atoms with van der Waals surface area (Å²) in [5.74, 6) is 0.708. The predicted octanol–water partition coefficient (Wildman–Crippen LogP) is 3.48. The van der Waals surface area contributed by atoms with Crippen molar-refractivity contribution in [1.82, 2.24) is 4.90 Å². The maximum absolute atomic E-state index is 12.4. The molecule has 1 atom stereocenters. The highest BCUT2D eigenvalue weighted by atomic mass is 79.9. The van der Waals surface area contributed by atoms with Crippen LogP contribution in [0.15, 0.2) is 57.9 Å². The summed E-state index contributed by atoms with van der Waals surface area (Å²) in [6.45, 7) is 2.28. The third kappa shape index (κ3) is 6.34. The number of sulfonamides is 1. The van der Waals surface area contributed by atoms with Gasteiger partial charge in [0.1, 0.15) is 5.75 Å². The first kappa shape index (κ1) is 21.4. The van der Waals surface area contributed by atoms with E-state index in [4.69, 9.17) is 9.88 Å². The molecule has 0 fully saturated rings. The van der Waals surface area contributed by atoms with Crippen molar-refractivity contribution in [3.63, 3.8) is 0 Å². The van der Waals surface area contributed by atoms with Crippen LogP contribution in [0.25, 0.3) is 0 Å². The van der Waals surface area contributed by atoms with E-state index < -0.39 is 10.0 Å². The molecule has 0 saturated heterocycles. The van der Waals surface area contributed by atoms with Gasteiger partial charge < -0.3 is 9.64 Å². The van der Waals surface area contributed by atoms with Crippen LogP contribution in [0.5, 0.6) is 5.75 Å². The normalized spacial score (nSPS) is 12.4. The fourth-order valence-corrected chi connectivity index (χ4v) is 3.48. The van der Waals surface area contributed by atoms with Gasteiger partial charge in [0.2, 0.25) is 15.9 Å². The molecule has 0 aromatic heterocycles. The largest absolute Gasteiger partial charge is 0.494 e. The van der Waals surface area contributed by atoms with Crippen molar-refractivity contribution in [3.8, 4) is 5.75 Å². The average molecular weight is 455 g/mol. The van der Waals surface area contributed by atoms with Gasteiger partial charge in [-0.2, -0.15) is 0 Å². The third-order valence-corrected chi connectivity index (χ3v) is 5.65. The monoisotopic (exact) mass is 454 g/mol. The quantitative estimate of drug-likeness (QED) is 0.618. The van der Waals surface area contributed by atoms with Crippen LogP contribution in [0, 0.1) is 0 Å². The fraction of sp³-hybridized carbons (Fsp3) is 0.316. The summed E-state index contributed by atoms with van der Waals surface area (Å²) >= 11 is 3.38. The number of hydrogen-bond acceptors (Lipinski definition) is 4. The van der Waals surface area contributed by atoms with Gasteiger partial charge in [0.05, 0.1) is 17.5 Å². The van der Waals surface area contributed by atoms with E-state index in [1.165, 1.54) is 12.1 Å². The lowest BCUT2D eigenvalue weighted by Gasteiger charge is -2.25. The van der Waals surface area contributed by atoms with Crippen LogP contribution in [0.3, 0.4) is 0 Å². The number of amides is 1. The van der Waals surface area contributed by atoms with Crippen molar-refractivity contribution in [1.29, 1.82) is 0 Å². The molecule has 0 radical (unpaired) electrons. The Balaban J connectivity index is 1.89. The number of rotatable bonds is 8. The first-order valence-corrected chi connectivity index (χ1v) is 10.8. The van der Waals surface area contributed by atoms with Crippen molar-refractivity contribution >= 4 is 31.9 Å². The number of primary sulfonamides is 1. The van der Waals surface area contributed by atoms with Crippen LogP contribution in [-0.4, -0.2) is 32.9 Å². The molecule has 2 aromatic rings. The standard InChI is InChI=1S/C19H23BrN2O4S/c1-14(15-6-3-9-18(12-15)27(21,24)25)22(2)19(23)10-5-11-26-17-8-4-7-16(20)13-17/h3-4,6-9,12-14H,5,10-11H2,1-2H3,(H2,21,24,25)/t14-/m1/s1. The average Bonchev–Trinajstić information content (AvgIpc) is 2.63. The zero-order valence-corrected chi connectivity index (χ0v) is 17.7. The number of ether oxygens (including phenoxy) is 1. The van der Waals surface area contributed by atoms with Gasteiger partial charge in [0, 0.05) is 17.9 Å². The van der Waals surface area contributed by atoms with E-state index in [9.17, 15) is 13.2 Å². The van der Waals surface area contributed by atoms with Gasteiger partial charge in [-0.25, -0.2) is 13.6 Å². The lowest BCUT2D eigenvalue weighted by molar-refractivity contribution is -0.132. The highest BCUT2D eigenvalue weighted by Crippen LogP contribution is 2.22. The van der Waals surface area contributed by atoms with Crippen molar-refractivity contribution in [2.24, 2.45) is 5.14 Å². The zero-order chi connectivity index (χ0) is 20.0. The highest BCUT2D eigenvalue weighted by molar-refractivity contribution is 9.10. The zero-order valence-electron chi connectivity index (χ0n) is 15.3. The summed E-state index contributed by atoms with van der Waals surface area (Å²) in [5, 5.41) is 5.17. The number of nitrogens with two attached hydrogens (primary N) is 1. The lowest BCUT2D eigenvalue weighted by Crippen LogP contribution is -2.30. The summed E-state index contributed by atoms with van der Waals surface area (Å²) in [7, 11) is -2.07. The predicted molar refractivity (Wildman–Crippen MR) is 108 cm³/mol. The van der Waals surface area contributed by atoms with E-state index in [1.807, 2.05) is 31.2 Å². The van der Waals surface area contributed by atoms with E-state index in [0.717, 1.165) is 10.2 Å². The van der Waals surface area contributed by atoms with Crippen LogP contribution >= 0.6 is 15.9 Å². The van der Waals surface area contributed by atoms with E-state index in [2.05, 4.69) is 15.9 Å². The van der Waals surface area contributed by atoms with Crippen molar-refractivity contribution in [2.45, 2.75) is 30.7 Å². The topological polar surface area (TPSA) is 89.7 Å². The van der Waals surface area contributed by atoms with E-state index in [-0.39, 0.29) is 16.8 Å². The third-order valence-electron chi connectivity index (χ3n) is 4.24. The van der Waals surface area contributed by atoms with Crippen molar-refractivity contribution in [2.75, 3.05) is 13.7 Å². The van der Waals surface area contributed by atoms with Gasteiger partial charge in [0.25, 0.3) is 0 Å². The Labute approximate surface area is 168 Å². The van der Waals surface area contributed by atoms with Gasteiger partial charge in [-0.3, -0.25) is 4.79 Å². The maximum atomic E-state index is 12.4. The Morgan fingerprint density at radius 2 is 1.93 bits per heavy atom. The molecule has 27 heavy (non-hydrogen) atoms. The summed E-state index contributed by atoms with van der Waals surface area (Å²) in [6, 6.07) is 13.6. The maximum Gasteiger partial charge on any atom is 0.238 e. The van der Waals surface area contributed by atoms with Crippen molar-refractivity contribution in [3.05, 3.63) is 58.6 Å². The SMILES string of the molecule is C[C@H](c1cccc(S(N)(=O)=O)c1)N(C)C(=O)CCCOc1cccc(Br)c1.